The van der Waals surface area contributed by atoms with Crippen LogP contribution in [0.25, 0.3) is 5.69 Å². The molecule has 3 heterocycles. The van der Waals surface area contributed by atoms with Gasteiger partial charge >= 0.3 is 0 Å². The summed E-state index contributed by atoms with van der Waals surface area (Å²) in [5, 5.41) is 4.54. The average Bonchev–Trinajstić information content (AvgIpc) is 3.02. The van der Waals surface area contributed by atoms with Gasteiger partial charge in [0.1, 0.15) is 17.2 Å². The third-order valence-electron chi connectivity index (χ3n) is 4.93. The number of rotatable bonds is 3. The van der Waals surface area contributed by atoms with E-state index in [2.05, 4.69) is 15.1 Å². The summed E-state index contributed by atoms with van der Waals surface area (Å²) >= 11 is 0. The quantitative estimate of drug-likeness (QED) is 0.697. The largest absolute Gasteiger partial charge is 0.377 e. The zero-order chi connectivity index (χ0) is 19.7. The van der Waals surface area contributed by atoms with Crippen LogP contribution in [-0.2, 0) is 4.74 Å². The van der Waals surface area contributed by atoms with Gasteiger partial charge in [-0.2, -0.15) is 5.10 Å². The standard InChI is InChI=1S/C20H20FN5O2/c1-13-19(14(2)26(24-13)17-6-4-3-5-15(17)21)18-12-28-10-9-25(18)20(27)16-11-22-7-8-23-16/h3-8,11,18H,9-10,12H2,1-2H3/t18-/m1/s1. The highest BCUT2D eigenvalue weighted by atomic mass is 19.1. The summed E-state index contributed by atoms with van der Waals surface area (Å²) in [5.41, 5.74) is 3.02. The van der Waals surface area contributed by atoms with Gasteiger partial charge in [-0.15, -0.1) is 0 Å². The van der Waals surface area contributed by atoms with Crippen molar-refractivity contribution < 1.29 is 13.9 Å². The van der Waals surface area contributed by atoms with E-state index in [0.717, 1.165) is 17.0 Å². The molecule has 4 rings (SSSR count). The Morgan fingerprint density at radius 2 is 2.07 bits per heavy atom. The van der Waals surface area contributed by atoms with E-state index in [4.69, 9.17) is 4.74 Å². The summed E-state index contributed by atoms with van der Waals surface area (Å²) in [5.74, 6) is -0.564. The van der Waals surface area contributed by atoms with E-state index in [1.807, 2.05) is 13.8 Å². The molecule has 8 heteroatoms. The summed E-state index contributed by atoms with van der Waals surface area (Å²) in [7, 11) is 0. The van der Waals surface area contributed by atoms with Gasteiger partial charge in [0.05, 0.1) is 31.1 Å². The minimum absolute atomic E-state index is 0.209. The van der Waals surface area contributed by atoms with Crippen LogP contribution < -0.4 is 0 Å². The molecule has 1 aliphatic heterocycles. The van der Waals surface area contributed by atoms with Crippen LogP contribution in [0, 0.1) is 19.7 Å². The molecular formula is C20H20FN5O2. The number of ether oxygens (including phenoxy) is 1. The Hall–Kier alpha value is -3.13. The number of aryl methyl sites for hydroxylation is 1. The van der Waals surface area contributed by atoms with Crippen LogP contribution in [0.2, 0.25) is 0 Å². The van der Waals surface area contributed by atoms with Gasteiger partial charge in [0.25, 0.3) is 5.91 Å². The number of hydrogen-bond acceptors (Lipinski definition) is 5. The molecule has 1 aromatic carbocycles. The summed E-state index contributed by atoms with van der Waals surface area (Å²) in [6.07, 6.45) is 4.48. The lowest BCUT2D eigenvalue weighted by Gasteiger charge is -2.35. The van der Waals surface area contributed by atoms with Crippen molar-refractivity contribution in [2.45, 2.75) is 19.9 Å². The number of benzene rings is 1. The number of aromatic nitrogens is 4. The SMILES string of the molecule is Cc1nn(-c2ccccc2F)c(C)c1[C@H]1COCCN1C(=O)c1cnccn1. The Bertz CT molecular complexity index is 1010. The first-order valence-corrected chi connectivity index (χ1v) is 9.03. The highest BCUT2D eigenvalue weighted by Gasteiger charge is 2.34. The Balaban J connectivity index is 1.75. The van der Waals surface area contributed by atoms with Crippen molar-refractivity contribution in [1.82, 2.24) is 24.6 Å². The molecule has 0 radical (unpaired) electrons. The van der Waals surface area contributed by atoms with E-state index in [1.54, 1.807) is 27.8 Å². The molecule has 3 aromatic rings. The maximum atomic E-state index is 14.3. The second kappa shape index (κ2) is 7.47. The second-order valence-electron chi connectivity index (χ2n) is 6.63. The topological polar surface area (TPSA) is 73.1 Å². The molecule has 144 valence electrons. The molecular weight excluding hydrogens is 361 g/mol. The number of carbonyl (C=O) groups is 1. The zero-order valence-corrected chi connectivity index (χ0v) is 15.7. The maximum absolute atomic E-state index is 14.3. The summed E-state index contributed by atoms with van der Waals surface area (Å²) in [6.45, 7) is 4.96. The van der Waals surface area contributed by atoms with Crippen LogP contribution in [0.5, 0.6) is 0 Å². The Morgan fingerprint density at radius 3 is 2.82 bits per heavy atom. The van der Waals surface area contributed by atoms with Gasteiger partial charge in [-0.25, -0.2) is 14.1 Å². The summed E-state index contributed by atoms with van der Waals surface area (Å²) in [6, 6.07) is 6.16. The third kappa shape index (κ3) is 3.16. The minimum Gasteiger partial charge on any atom is -0.377 e. The van der Waals surface area contributed by atoms with Gasteiger partial charge in [-0.1, -0.05) is 12.1 Å². The van der Waals surface area contributed by atoms with Crippen molar-refractivity contribution in [2.24, 2.45) is 0 Å². The van der Waals surface area contributed by atoms with Crippen molar-refractivity contribution >= 4 is 5.91 Å². The first-order valence-electron chi connectivity index (χ1n) is 9.03. The van der Waals surface area contributed by atoms with E-state index >= 15 is 0 Å². The van der Waals surface area contributed by atoms with Crippen molar-refractivity contribution in [3.8, 4) is 5.69 Å². The molecule has 0 spiro atoms. The highest BCUT2D eigenvalue weighted by molar-refractivity contribution is 5.92. The average molecular weight is 381 g/mol. The molecule has 7 nitrogen and oxygen atoms in total. The molecule has 1 fully saturated rings. The third-order valence-corrected chi connectivity index (χ3v) is 4.93. The highest BCUT2D eigenvalue weighted by Crippen LogP contribution is 2.32. The normalized spacial score (nSPS) is 17.0. The molecule has 1 amide bonds. The van der Waals surface area contributed by atoms with Crippen LogP contribution in [0.3, 0.4) is 0 Å². The van der Waals surface area contributed by atoms with Crippen molar-refractivity contribution in [3.63, 3.8) is 0 Å². The monoisotopic (exact) mass is 381 g/mol. The Labute approximate surface area is 161 Å². The zero-order valence-electron chi connectivity index (χ0n) is 15.7. The van der Waals surface area contributed by atoms with E-state index in [1.165, 1.54) is 24.7 Å². The molecule has 1 aliphatic rings. The fraction of sp³-hybridized carbons (Fsp3) is 0.300. The minimum atomic E-state index is -0.355. The van der Waals surface area contributed by atoms with Crippen LogP contribution in [0.15, 0.2) is 42.9 Å². The number of carbonyl (C=O) groups excluding carboxylic acids is 1. The second-order valence-corrected chi connectivity index (χ2v) is 6.63. The van der Waals surface area contributed by atoms with Gasteiger partial charge in [-0.05, 0) is 26.0 Å². The van der Waals surface area contributed by atoms with E-state index in [0.29, 0.717) is 25.4 Å². The number of amides is 1. The van der Waals surface area contributed by atoms with Crippen molar-refractivity contribution in [2.75, 3.05) is 19.8 Å². The lowest BCUT2D eigenvalue weighted by atomic mass is 10.0. The van der Waals surface area contributed by atoms with Gasteiger partial charge in [-0.3, -0.25) is 9.78 Å². The molecule has 0 saturated carbocycles. The molecule has 2 aromatic heterocycles. The van der Waals surface area contributed by atoms with Crippen LogP contribution in [0.1, 0.15) is 33.5 Å². The van der Waals surface area contributed by atoms with Gasteiger partial charge in [0.15, 0.2) is 0 Å². The molecule has 0 N–H and O–H groups in total. The summed E-state index contributed by atoms with van der Waals surface area (Å²) < 4.78 is 21.5. The van der Waals surface area contributed by atoms with Gasteiger partial charge in [0.2, 0.25) is 0 Å². The van der Waals surface area contributed by atoms with Crippen LogP contribution in [-0.4, -0.2) is 50.3 Å². The molecule has 0 unspecified atom stereocenters. The first kappa shape index (κ1) is 18.2. The summed E-state index contributed by atoms with van der Waals surface area (Å²) in [4.78, 5) is 22.9. The van der Waals surface area contributed by atoms with E-state index in [-0.39, 0.29) is 23.5 Å². The lowest BCUT2D eigenvalue weighted by Crippen LogP contribution is -2.44. The molecule has 0 bridgehead atoms. The first-order chi connectivity index (χ1) is 13.6. The molecule has 1 saturated heterocycles. The predicted octanol–water partition coefficient (Wildman–Crippen LogP) is 2.63. The number of morpholine rings is 1. The van der Waals surface area contributed by atoms with Crippen LogP contribution in [0.4, 0.5) is 4.39 Å². The fourth-order valence-corrected chi connectivity index (χ4v) is 3.64. The van der Waals surface area contributed by atoms with E-state index < -0.39 is 0 Å². The van der Waals surface area contributed by atoms with Crippen molar-refractivity contribution in [1.29, 1.82) is 0 Å². The van der Waals surface area contributed by atoms with Gasteiger partial charge < -0.3 is 9.64 Å². The molecule has 0 aliphatic carbocycles. The Kier molecular flexibility index (Phi) is 4.87. The van der Waals surface area contributed by atoms with Gasteiger partial charge in [0, 0.05) is 30.2 Å². The predicted molar refractivity (Wildman–Crippen MR) is 99.6 cm³/mol. The fourth-order valence-electron chi connectivity index (χ4n) is 3.64. The van der Waals surface area contributed by atoms with E-state index in [9.17, 15) is 9.18 Å². The number of nitrogens with zero attached hydrogens (tertiary/aromatic N) is 5. The number of hydrogen-bond donors (Lipinski definition) is 0. The molecule has 28 heavy (non-hydrogen) atoms. The Morgan fingerprint density at radius 1 is 1.25 bits per heavy atom. The maximum Gasteiger partial charge on any atom is 0.274 e. The number of para-hydroxylation sites is 1. The number of halogens is 1. The smallest absolute Gasteiger partial charge is 0.274 e. The van der Waals surface area contributed by atoms with Crippen LogP contribution >= 0.6 is 0 Å². The van der Waals surface area contributed by atoms with Crippen molar-refractivity contribution in [3.05, 3.63) is 71.3 Å². The molecule has 1 atom stereocenters. The lowest BCUT2D eigenvalue weighted by molar-refractivity contribution is -0.00337.